The number of rotatable bonds is 5. The Balaban J connectivity index is 1.50. The first-order valence-corrected chi connectivity index (χ1v) is 9.90. The number of amides is 3. The molecule has 2 aliphatic rings. The summed E-state index contributed by atoms with van der Waals surface area (Å²) in [5.74, 6) is 4.92. The first-order chi connectivity index (χ1) is 13.9. The molecule has 1 aromatic rings. The highest BCUT2D eigenvalue weighted by Crippen LogP contribution is 2.22. The fourth-order valence-corrected chi connectivity index (χ4v) is 3.32. The molecule has 154 valence electrons. The van der Waals surface area contributed by atoms with Crippen molar-refractivity contribution in [3.8, 4) is 17.6 Å². The number of nitrogens with one attached hydrogen (secondary N) is 2. The van der Waals surface area contributed by atoms with E-state index >= 15 is 0 Å². The van der Waals surface area contributed by atoms with Crippen LogP contribution in [0.4, 0.5) is 0 Å². The van der Waals surface area contributed by atoms with E-state index in [-0.39, 0.29) is 36.3 Å². The first kappa shape index (κ1) is 20.6. The topological polar surface area (TPSA) is 101 Å². The molecule has 2 atom stereocenters. The maximum atomic E-state index is 12.5. The molecule has 8 nitrogen and oxygen atoms in total. The van der Waals surface area contributed by atoms with E-state index in [0.29, 0.717) is 43.9 Å². The highest BCUT2D eigenvalue weighted by molar-refractivity contribution is 6.01. The Hall–Kier alpha value is -3.08. The number of pyridine rings is 1. The molecule has 2 N–H and O–H groups in total. The smallest absolute Gasteiger partial charge is 0.296 e. The maximum absolute atomic E-state index is 12.5. The standard InChI is InChI=1S/C21H26N4O4/c1-14(2)3-4-19(26)24-12-15-11-16(5-8-22-15)29-17-7-10-25(13-17)21(28)18-6-9-23-20(18)27/h5,8,11,14,17-18H,6-7,9-10,12-13H2,1-2H3,(H,23,27)(H,24,26). The summed E-state index contributed by atoms with van der Waals surface area (Å²) in [4.78, 5) is 41.9. The Kier molecular flexibility index (Phi) is 6.70. The third-order valence-electron chi connectivity index (χ3n) is 4.80. The molecule has 8 heteroatoms. The summed E-state index contributed by atoms with van der Waals surface area (Å²) in [6.45, 7) is 5.70. The number of carbonyl (C=O) groups is 3. The molecule has 29 heavy (non-hydrogen) atoms. The Labute approximate surface area is 170 Å². The van der Waals surface area contributed by atoms with Gasteiger partial charge >= 0.3 is 0 Å². The minimum absolute atomic E-state index is 0.119. The number of nitrogens with zero attached hydrogens (tertiary/aromatic N) is 2. The lowest BCUT2D eigenvalue weighted by Gasteiger charge is -2.19. The summed E-state index contributed by atoms with van der Waals surface area (Å²) >= 11 is 0. The minimum atomic E-state index is -0.566. The van der Waals surface area contributed by atoms with Gasteiger partial charge in [0.2, 0.25) is 11.8 Å². The van der Waals surface area contributed by atoms with Crippen LogP contribution in [0.3, 0.4) is 0 Å². The highest BCUT2D eigenvalue weighted by Gasteiger charge is 2.37. The maximum Gasteiger partial charge on any atom is 0.296 e. The van der Waals surface area contributed by atoms with Gasteiger partial charge in [0, 0.05) is 37.7 Å². The zero-order chi connectivity index (χ0) is 20.8. The molecule has 2 aliphatic heterocycles. The summed E-state index contributed by atoms with van der Waals surface area (Å²) in [5, 5.41) is 5.41. The molecule has 3 rings (SSSR count). The number of hydrogen-bond acceptors (Lipinski definition) is 5. The van der Waals surface area contributed by atoms with Crippen molar-refractivity contribution in [3.63, 3.8) is 0 Å². The highest BCUT2D eigenvalue weighted by atomic mass is 16.5. The molecule has 0 spiro atoms. The fraction of sp³-hybridized carbons (Fsp3) is 0.524. The zero-order valence-corrected chi connectivity index (χ0v) is 16.7. The molecule has 2 unspecified atom stereocenters. The van der Waals surface area contributed by atoms with Crippen LogP contribution in [0.15, 0.2) is 18.3 Å². The molecule has 2 fully saturated rings. The quantitative estimate of drug-likeness (QED) is 0.555. The largest absolute Gasteiger partial charge is 0.488 e. The molecular weight excluding hydrogens is 372 g/mol. The predicted molar refractivity (Wildman–Crippen MR) is 105 cm³/mol. The van der Waals surface area contributed by atoms with Crippen molar-refractivity contribution in [3.05, 3.63) is 24.0 Å². The van der Waals surface area contributed by atoms with E-state index in [1.165, 1.54) is 0 Å². The van der Waals surface area contributed by atoms with Gasteiger partial charge in [-0.2, -0.15) is 0 Å². The molecule has 0 bridgehead atoms. The molecule has 0 aliphatic carbocycles. The number of likely N-dealkylation sites (tertiary alicyclic amines) is 1. The van der Waals surface area contributed by atoms with Crippen LogP contribution in [0, 0.1) is 23.7 Å². The lowest BCUT2D eigenvalue weighted by molar-refractivity contribution is -0.139. The summed E-state index contributed by atoms with van der Waals surface area (Å²) in [5.41, 5.74) is 0.663. The van der Waals surface area contributed by atoms with Crippen LogP contribution in [-0.4, -0.2) is 53.3 Å². The van der Waals surface area contributed by atoms with Gasteiger partial charge in [-0.3, -0.25) is 19.4 Å². The van der Waals surface area contributed by atoms with Crippen molar-refractivity contribution in [1.82, 2.24) is 20.5 Å². The van der Waals surface area contributed by atoms with Crippen LogP contribution in [0.1, 0.15) is 32.4 Å². The molecule has 1 aromatic heterocycles. The first-order valence-electron chi connectivity index (χ1n) is 9.90. The number of hydrogen-bond donors (Lipinski definition) is 2. The van der Waals surface area contributed by atoms with Gasteiger partial charge in [-0.1, -0.05) is 19.8 Å². The fourth-order valence-electron chi connectivity index (χ4n) is 3.32. The summed E-state index contributed by atoms with van der Waals surface area (Å²) in [6.07, 6.45) is 2.75. The lowest BCUT2D eigenvalue weighted by atomic mass is 10.1. The third-order valence-corrected chi connectivity index (χ3v) is 4.80. The second kappa shape index (κ2) is 9.41. The third kappa shape index (κ3) is 5.70. The van der Waals surface area contributed by atoms with Crippen LogP contribution in [0.25, 0.3) is 0 Å². The predicted octanol–water partition coefficient (Wildman–Crippen LogP) is 0.473. The van der Waals surface area contributed by atoms with Crippen molar-refractivity contribution >= 4 is 17.7 Å². The van der Waals surface area contributed by atoms with E-state index in [1.807, 2.05) is 13.8 Å². The van der Waals surface area contributed by atoms with Gasteiger partial charge in [0.15, 0.2) is 0 Å². The van der Waals surface area contributed by atoms with Crippen LogP contribution in [0.2, 0.25) is 0 Å². The SMILES string of the molecule is CC(C)C#CC(=O)NCc1cc(OC2CCN(C(=O)C3CCNC3=O)C2)ccn1. The molecular formula is C21H26N4O4. The Bertz CT molecular complexity index is 843. The Morgan fingerprint density at radius 1 is 1.41 bits per heavy atom. The second-order valence-electron chi connectivity index (χ2n) is 7.53. The number of aromatic nitrogens is 1. The van der Waals surface area contributed by atoms with Crippen LogP contribution in [0.5, 0.6) is 5.75 Å². The van der Waals surface area contributed by atoms with E-state index in [0.717, 1.165) is 0 Å². The van der Waals surface area contributed by atoms with Crippen molar-refractivity contribution in [2.75, 3.05) is 19.6 Å². The molecule has 3 amide bonds. The number of carbonyl (C=O) groups excluding carboxylic acids is 3. The second-order valence-corrected chi connectivity index (χ2v) is 7.53. The van der Waals surface area contributed by atoms with Gasteiger partial charge in [-0.25, -0.2) is 0 Å². The van der Waals surface area contributed by atoms with Crippen molar-refractivity contribution in [1.29, 1.82) is 0 Å². The van der Waals surface area contributed by atoms with Crippen molar-refractivity contribution < 1.29 is 19.1 Å². The molecule has 2 saturated heterocycles. The summed E-state index contributed by atoms with van der Waals surface area (Å²) < 4.78 is 6.00. The molecule has 0 saturated carbocycles. The normalized spacial score (nSPS) is 20.8. The van der Waals surface area contributed by atoms with Gasteiger partial charge in [0.1, 0.15) is 17.8 Å². The van der Waals surface area contributed by atoms with Gasteiger partial charge in [-0.15, -0.1) is 0 Å². The van der Waals surface area contributed by atoms with Crippen molar-refractivity contribution in [2.45, 2.75) is 39.3 Å². The average Bonchev–Trinajstić information content (AvgIpc) is 3.33. The van der Waals surface area contributed by atoms with E-state index in [4.69, 9.17) is 4.74 Å². The van der Waals surface area contributed by atoms with Gasteiger partial charge < -0.3 is 20.3 Å². The van der Waals surface area contributed by atoms with Crippen molar-refractivity contribution in [2.24, 2.45) is 11.8 Å². The summed E-state index contributed by atoms with van der Waals surface area (Å²) in [6, 6.07) is 3.52. The number of ether oxygens (including phenoxy) is 1. The van der Waals surface area contributed by atoms with Crippen LogP contribution < -0.4 is 15.4 Å². The molecule has 0 aromatic carbocycles. The van der Waals surface area contributed by atoms with Crippen LogP contribution in [-0.2, 0) is 20.9 Å². The lowest BCUT2D eigenvalue weighted by Crippen LogP contribution is -2.38. The Morgan fingerprint density at radius 2 is 2.24 bits per heavy atom. The molecule has 0 radical (unpaired) electrons. The van der Waals surface area contributed by atoms with Gasteiger partial charge in [-0.05, 0) is 18.4 Å². The van der Waals surface area contributed by atoms with E-state index < -0.39 is 5.92 Å². The van der Waals surface area contributed by atoms with Crippen LogP contribution >= 0.6 is 0 Å². The summed E-state index contributed by atoms with van der Waals surface area (Å²) in [7, 11) is 0. The molecule has 3 heterocycles. The van der Waals surface area contributed by atoms with E-state index in [2.05, 4.69) is 27.5 Å². The van der Waals surface area contributed by atoms with E-state index in [9.17, 15) is 14.4 Å². The Morgan fingerprint density at radius 3 is 2.97 bits per heavy atom. The van der Waals surface area contributed by atoms with Gasteiger partial charge in [0.25, 0.3) is 5.91 Å². The monoisotopic (exact) mass is 398 g/mol. The zero-order valence-electron chi connectivity index (χ0n) is 16.7. The van der Waals surface area contributed by atoms with E-state index in [1.54, 1.807) is 23.2 Å². The van der Waals surface area contributed by atoms with Gasteiger partial charge in [0.05, 0.1) is 18.8 Å². The average molecular weight is 398 g/mol. The minimum Gasteiger partial charge on any atom is -0.488 e.